The van der Waals surface area contributed by atoms with Gasteiger partial charge in [-0.05, 0) is 53.3 Å². The molecule has 12 nitrogen and oxygen atoms in total. The van der Waals surface area contributed by atoms with Gasteiger partial charge in [0.1, 0.15) is 11.9 Å². The van der Waals surface area contributed by atoms with Gasteiger partial charge in [-0.1, -0.05) is 78.9 Å². The molecule has 262 valence electrons. The number of amides is 4. The minimum atomic E-state index is -0.821. The Morgan fingerprint density at radius 2 is 1.56 bits per heavy atom. The first kappa shape index (κ1) is 35.9. The van der Waals surface area contributed by atoms with Crippen LogP contribution in [0.25, 0.3) is 11.1 Å². The number of aliphatic hydroxyl groups is 1. The fraction of sp³-hybridized carbons (Fsp3) is 0.289. The SMILES string of the molecule is O=CNc1cc([C@@H](O)CNCc2ccc(CNC(=O)NCCN3CCC(OC(=O)Nc4ccccc4-c4ccccc4)CC3)cc2)ccc1O. The monoisotopic (exact) mass is 680 g/mol. The highest BCUT2D eigenvalue weighted by molar-refractivity contribution is 5.91. The van der Waals surface area contributed by atoms with Gasteiger partial charge in [0.2, 0.25) is 6.41 Å². The van der Waals surface area contributed by atoms with Gasteiger partial charge >= 0.3 is 12.1 Å². The Kier molecular flexibility index (Phi) is 13.2. The summed E-state index contributed by atoms with van der Waals surface area (Å²) in [5.41, 5.74) is 5.44. The van der Waals surface area contributed by atoms with Crippen molar-refractivity contribution in [2.45, 2.75) is 38.1 Å². The molecule has 1 aliphatic rings. The molecule has 1 saturated heterocycles. The van der Waals surface area contributed by atoms with Gasteiger partial charge in [-0.3, -0.25) is 10.1 Å². The molecule has 1 fully saturated rings. The molecule has 4 amide bonds. The number of aromatic hydroxyl groups is 1. The number of phenols is 1. The standard InChI is InChI=1S/C38H44N6O6/c45-26-42-34-22-30(14-15-35(34)46)36(47)25-39-23-27-10-12-28(13-11-27)24-41-37(48)40-18-21-44-19-16-31(17-20-44)50-38(49)43-33-9-5-4-8-32(33)29-6-2-1-3-7-29/h1-15,22,26,31,36,39,46-47H,16-21,23-25H2,(H,42,45)(H,43,49)(H2,40,41,48)/t36-/m0/s1. The van der Waals surface area contributed by atoms with Crippen LogP contribution < -0.4 is 26.6 Å². The molecule has 1 heterocycles. The Morgan fingerprint density at radius 3 is 2.30 bits per heavy atom. The number of nitrogens with zero attached hydrogens (tertiary/aromatic N) is 1. The fourth-order valence-corrected chi connectivity index (χ4v) is 5.76. The van der Waals surface area contributed by atoms with E-state index in [0.717, 1.165) is 48.2 Å². The molecule has 50 heavy (non-hydrogen) atoms. The topological polar surface area (TPSA) is 164 Å². The van der Waals surface area contributed by atoms with Gasteiger partial charge in [0.25, 0.3) is 0 Å². The number of rotatable bonds is 15. The summed E-state index contributed by atoms with van der Waals surface area (Å²) in [7, 11) is 0. The van der Waals surface area contributed by atoms with Gasteiger partial charge < -0.3 is 41.1 Å². The molecule has 5 rings (SSSR count). The van der Waals surface area contributed by atoms with Crippen LogP contribution in [-0.4, -0.2) is 72.5 Å². The summed E-state index contributed by atoms with van der Waals surface area (Å²) in [6, 6.07) is 29.7. The van der Waals surface area contributed by atoms with E-state index in [1.807, 2.05) is 78.9 Å². The predicted octanol–water partition coefficient (Wildman–Crippen LogP) is 4.96. The molecule has 12 heteroatoms. The number of ether oxygens (including phenoxy) is 1. The van der Waals surface area contributed by atoms with Crippen LogP contribution in [0.15, 0.2) is 97.1 Å². The average molecular weight is 681 g/mol. The van der Waals surface area contributed by atoms with Crippen molar-refractivity contribution >= 4 is 29.9 Å². The number of hydrogen-bond donors (Lipinski definition) is 7. The smallest absolute Gasteiger partial charge is 0.411 e. The molecule has 4 aromatic rings. The Bertz CT molecular complexity index is 1700. The Morgan fingerprint density at radius 1 is 0.860 bits per heavy atom. The Labute approximate surface area is 291 Å². The van der Waals surface area contributed by atoms with Crippen LogP contribution in [0.5, 0.6) is 5.75 Å². The number of para-hydroxylation sites is 1. The maximum absolute atomic E-state index is 12.7. The van der Waals surface area contributed by atoms with E-state index in [0.29, 0.717) is 43.8 Å². The van der Waals surface area contributed by atoms with Gasteiger partial charge in [-0.2, -0.15) is 0 Å². The van der Waals surface area contributed by atoms with Crippen molar-refractivity contribution in [3.63, 3.8) is 0 Å². The van der Waals surface area contributed by atoms with Gasteiger partial charge in [0.15, 0.2) is 0 Å². The first-order valence-corrected chi connectivity index (χ1v) is 16.7. The Balaban J connectivity index is 0.933. The van der Waals surface area contributed by atoms with Crippen molar-refractivity contribution in [3.8, 4) is 16.9 Å². The molecule has 1 aliphatic heterocycles. The highest BCUT2D eigenvalue weighted by atomic mass is 16.6. The number of benzene rings is 4. The summed E-state index contributed by atoms with van der Waals surface area (Å²) in [5.74, 6) is -0.0716. The largest absolute Gasteiger partial charge is 0.506 e. The van der Waals surface area contributed by atoms with Crippen molar-refractivity contribution in [1.82, 2.24) is 20.9 Å². The van der Waals surface area contributed by atoms with E-state index in [4.69, 9.17) is 4.74 Å². The zero-order valence-corrected chi connectivity index (χ0v) is 27.8. The lowest BCUT2D eigenvalue weighted by atomic mass is 10.0. The molecule has 0 aliphatic carbocycles. The first-order chi connectivity index (χ1) is 24.4. The van der Waals surface area contributed by atoms with Crippen LogP contribution in [0.3, 0.4) is 0 Å². The van der Waals surface area contributed by atoms with E-state index in [2.05, 4.69) is 31.5 Å². The van der Waals surface area contributed by atoms with Gasteiger partial charge in [0, 0.05) is 51.4 Å². The lowest BCUT2D eigenvalue weighted by molar-refractivity contribution is -0.105. The molecular formula is C38H44N6O6. The maximum atomic E-state index is 12.7. The molecular weight excluding hydrogens is 636 g/mol. The molecule has 0 radical (unpaired) electrons. The Hall–Kier alpha value is -5.43. The molecule has 0 aromatic heterocycles. The molecule has 7 N–H and O–H groups in total. The summed E-state index contributed by atoms with van der Waals surface area (Å²) in [6.07, 6.45) is 0.488. The summed E-state index contributed by atoms with van der Waals surface area (Å²) in [4.78, 5) is 38.0. The van der Waals surface area contributed by atoms with Crippen LogP contribution in [-0.2, 0) is 22.6 Å². The lowest BCUT2D eigenvalue weighted by Crippen LogP contribution is -2.44. The second kappa shape index (κ2) is 18.4. The summed E-state index contributed by atoms with van der Waals surface area (Å²) >= 11 is 0. The second-order valence-electron chi connectivity index (χ2n) is 12.1. The van der Waals surface area contributed by atoms with E-state index in [9.17, 15) is 24.6 Å². The molecule has 0 spiro atoms. The molecule has 0 saturated carbocycles. The second-order valence-corrected chi connectivity index (χ2v) is 12.1. The average Bonchev–Trinajstić information content (AvgIpc) is 3.13. The summed E-state index contributed by atoms with van der Waals surface area (Å²) < 4.78 is 5.73. The quantitative estimate of drug-likeness (QED) is 0.0684. The van der Waals surface area contributed by atoms with Crippen LogP contribution in [0.1, 0.15) is 35.6 Å². The maximum Gasteiger partial charge on any atom is 0.411 e. The van der Waals surface area contributed by atoms with E-state index in [1.54, 1.807) is 6.07 Å². The minimum absolute atomic E-state index is 0.0716. The number of phenolic OH excluding ortho intramolecular Hbond substituents is 1. The number of likely N-dealkylation sites (tertiary alicyclic amines) is 1. The number of carbonyl (C=O) groups is 3. The predicted molar refractivity (Wildman–Crippen MR) is 193 cm³/mol. The highest BCUT2D eigenvalue weighted by Crippen LogP contribution is 2.28. The lowest BCUT2D eigenvalue weighted by Gasteiger charge is -2.31. The fourth-order valence-electron chi connectivity index (χ4n) is 5.76. The summed E-state index contributed by atoms with van der Waals surface area (Å²) in [5, 5.41) is 34.6. The normalized spacial score (nSPS) is 13.9. The molecule has 4 aromatic carbocycles. The van der Waals surface area contributed by atoms with Gasteiger partial charge in [-0.15, -0.1) is 0 Å². The van der Waals surface area contributed by atoms with E-state index < -0.39 is 12.2 Å². The van der Waals surface area contributed by atoms with Crippen molar-refractivity contribution < 1.29 is 29.3 Å². The van der Waals surface area contributed by atoms with Crippen LogP contribution in [0.2, 0.25) is 0 Å². The van der Waals surface area contributed by atoms with E-state index >= 15 is 0 Å². The number of aliphatic hydroxyl groups excluding tert-OH is 1. The van der Waals surface area contributed by atoms with Crippen LogP contribution in [0, 0.1) is 0 Å². The minimum Gasteiger partial charge on any atom is -0.506 e. The zero-order valence-electron chi connectivity index (χ0n) is 27.8. The first-order valence-electron chi connectivity index (χ1n) is 16.7. The third-order valence-electron chi connectivity index (χ3n) is 8.53. The summed E-state index contributed by atoms with van der Waals surface area (Å²) in [6.45, 7) is 3.96. The van der Waals surface area contributed by atoms with Crippen LogP contribution >= 0.6 is 0 Å². The highest BCUT2D eigenvalue weighted by Gasteiger charge is 2.23. The number of hydrogen-bond acceptors (Lipinski definition) is 8. The molecule has 1 atom stereocenters. The number of urea groups is 1. The number of nitrogens with one attached hydrogen (secondary N) is 5. The van der Waals surface area contributed by atoms with Crippen molar-refractivity contribution in [3.05, 3.63) is 114 Å². The number of anilines is 2. The van der Waals surface area contributed by atoms with E-state index in [1.165, 1.54) is 12.1 Å². The third-order valence-corrected chi connectivity index (χ3v) is 8.53. The molecule has 0 unspecified atom stereocenters. The molecule has 0 bridgehead atoms. The van der Waals surface area contributed by atoms with Crippen LogP contribution in [0.4, 0.5) is 21.0 Å². The zero-order chi connectivity index (χ0) is 35.1. The third kappa shape index (κ3) is 10.8. The number of piperidine rings is 1. The van der Waals surface area contributed by atoms with Crippen molar-refractivity contribution in [2.75, 3.05) is 43.4 Å². The van der Waals surface area contributed by atoms with Crippen molar-refractivity contribution in [1.29, 1.82) is 0 Å². The number of carbonyl (C=O) groups excluding carboxylic acids is 3. The van der Waals surface area contributed by atoms with Crippen molar-refractivity contribution in [2.24, 2.45) is 0 Å². The van der Waals surface area contributed by atoms with Gasteiger partial charge in [-0.25, -0.2) is 9.59 Å². The van der Waals surface area contributed by atoms with E-state index in [-0.39, 0.29) is 30.1 Å². The van der Waals surface area contributed by atoms with Gasteiger partial charge in [0.05, 0.1) is 17.5 Å².